The van der Waals surface area contributed by atoms with E-state index in [0.717, 1.165) is 11.1 Å². The number of halogens is 1. The molecular weight excluding hydrogens is 296 g/mol. The largest absolute Gasteiger partial charge is 0.457 e. The molecular formula is C15H15ClO3S. The van der Waals surface area contributed by atoms with Crippen LogP contribution in [-0.4, -0.2) is 14.7 Å². The van der Waals surface area contributed by atoms with Gasteiger partial charge < -0.3 is 4.74 Å². The predicted molar refractivity (Wildman–Crippen MR) is 80.4 cm³/mol. The second-order valence-electron chi connectivity index (χ2n) is 4.59. The topological polar surface area (TPSA) is 43.4 Å². The van der Waals surface area contributed by atoms with Gasteiger partial charge in [-0.3, -0.25) is 0 Å². The van der Waals surface area contributed by atoms with E-state index in [0.29, 0.717) is 17.4 Å². The van der Waals surface area contributed by atoms with Crippen molar-refractivity contribution in [2.45, 2.75) is 17.7 Å². The number of alkyl halides is 1. The van der Waals surface area contributed by atoms with Crippen LogP contribution in [0, 0.1) is 6.92 Å². The first kappa shape index (κ1) is 14.9. The lowest BCUT2D eigenvalue weighted by Crippen LogP contribution is -1.96. The number of rotatable bonds is 4. The molecule has 0 heterocycles. The standard InChI is InChI=1S/C15H15ClO3S/c1-11-3-8-15(12(9-11)10-16)19-13-4-6-14(7-5-13)20(2,17)18/h3-9H,10H2,1-2H3. The molecule has 2 aromatic carbocycles. The predicted octanol–water partition coefficient (Wildman–Crippen LogP) is 3.93. The van der Waals surface area contributed by atoms with Crippen LogP contribution in [0.5, 0.6) is 11.5 Å². The summed E-state index contributed by atoms with van der Waals surface area (Å²) in [5, 5.41) is 0. The average molecular weight is 311 g/mol. The van der Waals surface area contributed by atoms with E-state index < -0.39 is 9.84 Å². The third-order valence-corrected chi connectivity index (χ3v) is 4.26. The van der Waals surface area contributed by atoms with Crippen LogP contribution in [0.4, 0.5) is 0 Å². The highest BCUT2D eigenvalue weighted by molar-refractivity contribution is 7.90. The van der Waals surface area contributed by atoms with E-state index in [1.807, 2.05) is 25.1 Å². The lowest BCUT2D eigenvalue weighted by Gasteiger charge is -2.10. The van der Waals surface area contributed by atoms with Crippen LogP contribution >= 0.6 is 11.6 Å². The molecule has 0 atom stereocenters. The van der Waals surface area contributed by atoms with E-state index in [-0.39, 0.29) is 4.90 Å². The van der Waals surface area contributed by atoms with E-state index in [2.05, 4.69) is 0 Å². The molecule has 20 heavy (non-hydrogen) atoms. The minimum absolute atomic E-state index is 0.270. The van der Waals surface area contributed by atoms with Gasteiger partial charge in [-0.25, -0.2) is 8.42 Å². The molecule has 0 radical (unpaired) electrons. The van der Waals surface area contributed by atoms with Crippen LogP contribution in [0.3, 0.4) is 0 Å². The van der Waals surface area contributed by atoms with E-state index in [1.54, 1.807) is 12.1 Å². The second-order valence-corrected chi connectivity index (χ2v) is 6.87. The van der Waals surface area contributed by atoms with Gasteiger partial charge >= 0.3 is 0 Å². The normalized spacial score (nSPS) is 11.3. The Kier molecular flexibility index (Phi) is 4.35. The van der Waals surface area contributed by atoms with Crippen LogP contribution in [0.1, 0.15) is 11.1 Å². The SMILES string of the molecule is Cc1ccc(Oc2ccc(S(C)(=O)=O)cc2)c(CCl)c1. The van der Waals surface area contributed by atoms with Crippen LogP contribution in [-0.2, 0) is 15.7 Å². The molecule has 0 fully saturated rings. The van der Waals surface area contributed by atoms with Crippen LogP contribution in [0.15, 0.2) is 47.4 Å². The van der Waals surface area contributed by atoms with Gasteiger partial charge in [0.1, 0.15) is 11.5 Å². The Morgan fingerprint density at radius 1 is 1.10 bits per heavy atom. The first-order valence-corrected chi connectivity index (χ1v) is 8.46. The zero-order chi connectivity index (χ0) is 14.8. The Balaban J connectivity index is 2.27. The summed E-state index contributed by atoms with van der Waals surface area (Å²) < 4.78 is 28.5. The summed E-state index contributed by atoms with van der Waals surface area (Å²) in [5.41, 5.74) is 2.01. The summed E-state index contributed by atoms with van der Waals surface area (Å²) in [6.07, 6.45) is 1.18. The van der Waals surface area contributed by atoms with Gasteiger partial charge in [0.2, 0.25) is 0 Å². The van der Waals surface area contributed by atoms with Gasteiger partial charge in [-0.05, 0) is 37.3 Å². The van der Waals surface area contributed by atoms with Crippen molar-refractivity contribution >= 4 is 21.4 Å². The molecule has 0 saturated carbocycles. The smallest absolute Gasteiger partial charge is 0.175 e. The molecule has 0 amide bonds. The summed E-state index contributed by atoms with van der Waals surface area (Å²) in [5.74, 6) is 1.61. The van der Waals surface area contributed by atoms with Gasteiger partial charge in [0.15, 0.2) is 9.84 Å². The molecule has 2 aromatic rings. The highest BCUT2D eigenvalue weighted by Crippen LogP contribution is 2.28. The maximum Gasteiger partial charge on any atom is 0.175 e. The Morgan fingerprint density at radius 3 is 2.30 bits per heavy atom. The average Bonchev–Trinajstić information content (AvgIpc) is 2.40. The van der Waals surface area contributed by atoms with E-state index in [9.17, 15) is 8.42 Å². The van der Waals surface area contributed by atoms with Crippen molar-refractivity contribution in [3.05, 3.63) is 53.6 Å². The highest BCUT2D eigenvalue weighted by atomic mass is 35.5. The minimum Gasteiger partial charge on any atom is -0.457 e. The van der Waals surface area contributed by atoms with E-state index in [1.165, 1.54) is 18.4 Å². The van der Waals surface area contributed by atoms with E-state index in [4.69, 9.17) is 16.3 Å². The van der Waals surface area contributed by atoms with Crippen molar-refractivity contribution in [1.82, 2.24) is 0 Å². The maximum absolute atomic E-state index is 11.4. The molecule has 0 saturated heterocycles. The van der Waals surface area contributed by atoms with Crippen molar-refractivity contribution in [2.24, 2.45) is 0 Å². The van der Waals surface area contributed by atoms with Crippen molar-refractivity contribution < 1.29 is 13.2 Å². The summed E-state index contributed by atoms with van der Waals surface area (Å²) in [6.45, 7) is 1.99. The minimum atomic E-state index is -3.19. The third-order valence-electron chi connectivity index (χ3n) is 2.84. The van der Waals surface area contributed by atoms with Crippen LogP contribution in [0.2, 0.25) is 0 Å². The summed E-state index contributed by atoms with van der Waals surface area (Å²) in [4.78, 5) is 0.270. The molecule has 0 aliphatic heterocycles. The van der Waals surface area contributed by atoms with Gasteiger partial charge in [-0.15, -0.1) is 11.6 Å². The fraction of sp³-hybridized carbons (Fsp3) is 0.200. The summed E-state index contributed by atoms with van der Waals surface area (Å²) in [7, 11) is -3.19. The third kappa shape index (κ3) is 3.52. The van der Waals surface area contributed by atoms with Gasteiger partial charge in [0.05, 0.1) is 10.8 Å². The number of ether oxygens (including phenoxy) is 1. The lowest BCUT2D eigenvalue weighted by atomic mass is 10.1. The summed E-state index contributed by atoms with van der Waals surface area (Å²) >= 11 is 5.90. The molecule has 0 aliphatic rings. The van der Waals surface area contributed by atoms with Gasteiger partial charge in [0, 0.05) is 11.8 Å². The van der Waals surface area contributed by atoms with Crippen LogP contribution < -0.4 is 4.74 Å². The molecule has 2 rings (SSSR count). The molecule has 3 nitrogen and oxygen atoms in total. The van der Waals surface area contributed by atoms with Crippen molar-refractivity contribution in [3.63, 3.8) is 0 Å². The second kappa shape index (κ2) is 5.85. The number of aryl methyl sites for hydroxylation is 1. The lowest BCUT2D eigenvalue weighted by molar-refractivity contribution is 0.477. The van der Waals surface area contributed by atoms with Gasteiger partial charge in [-0.2, -0.15) is 0 Å². The Labute approximate surface area is 124 Å². The quantitative estimate of drug-likeness (QED) is 0.804. The first-order valence-electron chi connectivity index (χ1n) is 6.03. The Bertz CT molecular complexity index is 706. The molecule has 106 valence electrons. The number of hydrogen-bond acceptors (Lipinski definition) is 3. The zero-order valence-electron chi connectivity index (χ0n) is 11.3. The molecule has 0 unspecified atom stereocenters. The van der Waals surface area contributed by atoms with Crippen LogP contribution in [0.25, 0.3) is 0 Å². The van der Waals surface area contributed by atoms with Crippen molar-refractivity contribution in [2.75, 3.05) is 6.26 Å². The van der Waals surface area contributed by atoms with Gasteiger partial charge in [0.25, 0.3) is 0 Å². The fourth-order valence-electron chi connectivity index (χ4n) is 1.79. The Hall–Kier alpha value is -1.52. The first-order chi connectivity index (χ1) is 9.40. The Morgan fingerprint density at radius 2 is 1.75 bits per heavy atom. The van der Waals surface area contributed by atoms with Gasteiger partial charge in [-0.1, -0.05) is 17.7 Å². The molecule has 0 aromatic heterocycles. The van der Waals surface area contributed by atoms with Crippen molar-refractivity contribution in [3.8, 4) is 11.5 Å². The fourth-order valence-corrected chi connectivity index (χ4v) is 2.63. The number of benzene rings is 2. The van der Waals surface area contributed by atoms with E-state index >= 15 is 0 Å². The summed E-state index contributed by atoms with van der Waals surface area (Å²) in [6, 6.07) is 12.1. The molecule has 5 heteroatoms. The molecule has 0 aliphatic carbocycles. The number of hydrogen-bond donors (Lipinski definition) is 0. The monoisotopic (exact) mass is 310 g/mol. The maximum atomic E-state index is 11.4. The zero-order valence-corrected chi connectivity index (χ0v) is 12.8. The highest BCUT2D eigenvalue weighted by Gasteiger charge is 2.08. The number of sulfone groups is 1. The van der Waals surface area contributed by atoms with Crippen molar-refractivity contribution in [1.29, 1.82) is 0 Å². The molecule has 0 bridgehead atoms. The molecule has 0 spiro atoms. The molecule has 0 N–H and O–H groups in total.